The molecule has 0 spiro atoms. The van der Waals surface area contributed by atoms with Crippen LogP contribution >= 0.6 is 11.7 Å². The van der Waals surface area contributed by atoms with Crippen molar-refractivity contribution in [3.05, 3.63) is 54.2 Å². The van der Waals surface area contributed by atoms with Crippen LogP contribution in [0.2, 0.25) is 0 Å². The van der Waals surface area contributed by atoms with E-state index in [1.54, 1.807) is 6.20 Å². The van der Waals surface area contributed by atoms with Crippen molar-refractivity contribution in [2.45, 2.75) is 6.42 Å². The summed E-state index contributed by atoms with van der Waals surface area (Å²) in [5.74, 6) is 1.11. The van der Waals surface area contributed by atoms with Gasteiger partial charge in [-0.1, -0.05) is 42.5 Å². The molecule has 0 aliphatic carbocycles. The molecule has 1 amide bonds. The third-order valence-electron chi connectivity index (χ3n) is 4.53. The number of rotatable bonds is 3. The molecule has 24 heavy (non-hydrogen) atoms. The minimum Gasteiger partial charge on any atom is -0.351 e. The Hall–Kier alpha value is -2.47. The monoisotopic (exact) mass is 338 g/mol. The number of nitrogens with zero attached hydrogens (tertiary/aromatic N) is 4. The van der Waals surface area contributed by atoms with E-state index in [1.165, 1.54) is 22.5 Å². The molecule has 0 bridgehead atoms. The predicted molar refractivity (Wildman–Crippen MR) is 96.4 cm³/mol. The van der Waals surface area contributed by atoms with Gasteiger partial charge in [-0.15, -0.1) is 0 Å². The van der Waals surface area contributed by atoms with Crippen molar-refractivity contribution in [2.24, 2.45) is 0 Å². The first kappa shape index (κ1) is 15.1. The van der Waals surface area contributed by atoms with Crippen LogP contribution in [0.15, 0.2) is 48.7 Å². The highest BCUT2D eigenvalue weighted by Gasteiger charge is 2.22. The molecule has 2 aromatic carbocycles. The SMILES string of the molecule is O=C(Cc1cccc2ccccc12)N1CCN(c2cnsn2)CC1. The number of aromatic nitrogens is 2. The quantitative estimate of drug-likeness (QED) is 0.736. The van der Waals surface area contributed by atoms with Gasteiger partial charge in [0.15, 0.2) is 5.82 Å². The summed E-state index contributed by atoms with van der Waals surface area (Å²) in [5.41, 5.74) is 1.10. The highest BCUT2D eigenvalue weighted by atomic mass is 32.1. The van der Waals surface area contributed by atoms with Gasteiger partial charge < -0.3 is 9.80 Å². The molecular weight excluding hydrogens is 320 g/mol. The maximum atomic E-state index is 12.7. The molecule has 0 atom stereocenters. The Morgan fingerprint density at radius 3 is 2.62 bits per heavy atom. The van der Waals surface area contributed by atoms with Crippen LogP contribution in [0.25, 0.3) is 10.8 Å². The zero-order valence-electron chi connectivity index (χ0n) is 13.3. The molecule has 1 fully saturated rings. The van der Waals surface area contributed by atoms with Crippen molar-refractivity contribution in [1.29, 1.82) is 0 Å². The van der Waals surface area contributed by atoms with E-state index in [4.69, 9.17) is 0 Å². The number of benzene rings is 2. The van der Waals surface area contributed by atoms with Crippen molar-refractivity contribution in [2.75, 3.05) is 31.1 Å². The molecular formula is C18H18N4OS. The number of carbonyl (C=O) groups is 1. The molecule has 122 valence electrons. The van der Waals surface area contributed by atoms with Gasteiger partial charge in [-0.2, -0.15) is 8.75 Å². The molecule has 6 heteroatoms. The van der Waals surface area contributed by atoms with Crippen molar-refractivity contribution >= 4 is 34.2 Å². The highest BCUT2D eigenvalue weighted by molar-refractivity contribution is 6.99. The molecule has 4 rings (SSSR count). The van der Waals surface area contributed by atoms with Gasteiger partial charge in [-0.05, 0) is 16.3 Å². The Kier molecular flexibility index (Phi) is 4.13. The fraction of sp³-hybridized carbons (Fsp3) is 0.278. The van der Waals surface area contributed by atoms with E-state index in [1.807, 2.05) is 23.1 Å². The first-order valence-corrected chi connectivity index (χ1v) is 8.81. The van der Waals surface area contributed by atoms with Gasteiger partial charge in [0.05, 0.1) is 24.3 Å². The second-order valence-electron chi connectivity index (χ2n) is 5.95. The van der Waals surface area contributed by atoms with Crippen LogP contribution in [-0.2, 0) is 11.2 Å². The first-order chi connectivity index (χ1) is 11.8. The van der Waals surface area contributed by atoms with E-state index < -0.39 is 0 Å². The molecule has 1 aliphatic rings. The van der Waals surface area contributed by atoms with Gasteiger partial charge >= 0.3 is 0 Å². The van der Waals surface area contributed by atoms with Gasteiger partial charge in [-0.3, -0.25) is 4.79 Å². The molecule has 3 aromatic rings. The van der Waals surface area contributed by atoms with Crippen LogP contribution in [0.5, 0.6) is 0 Å². The molecule has 0 saturated carbocycles. The van der Waals surface area contributed by atoms with Crippen LogP contribution in [0, 0.1) is 0 Å². The summed E-state index contributed by atoms with van der Waals surface area (Å²) < 4.78 is 8.31. The number of fused-ring (bicyclic) bond motifs is 1. The fourth-order valence-corrected chi connectivity index (χ4v) is 3.64. The van der Waals surface area contributed by atoms with Crippen LogP contribution in [0.4, 0.5) is 5.82 Å². The van der Waals surface area contributed by atoms with Gasteiger partial charge in [0.25, 0.3) is 0 Å². The lowest BCUT2D eigenvalue weighted by molar-refractivity contribution is -0.130. The van der Waals surface area contributed by atoms with Gasteiger partial charge in [0, 0.05) is 26.2 Å². The Balaban J connectivity index is 1.43. The normalized spacial score (nSPS) is 15.0. The molecule has 1 aromatic heterocycles. The Morgan fingerprint density at radius 2 is 1.83 bits per heavy atom. The average Bonchev–Trinajstić information content (AvgIpc) is 3.17. The molecule has 0 unspecified atom stereocenters. The smallest absolute Gasteiger partial charge is 0.227 e. The second kappa shape index (κ2) is 6.57. The van der Waals surface area contributed by atoms with Crippen LogP contribution < -0.4 is 4.90 Å². The summed E-state index contributed by atoms with van der Waals surface area (Å²) in [6.07, 6.45) is 2.25. The van der Waals surface area contributed by atoms with Crippen LogP contribution in [0.3, 0.4) is 0 Å². The summed E-state index contributed by atoms with van der Waals surface area (Å²) in [6.45, 7) is 3.10. The molecule has 0 N–H and O–H groups in total. The maximum Gasteiger partial charge on any atom is 0.227 e. The lowest BCUT2D eigenvalue weighted by Crippen LogP contribution is -2.49. The predicted octanol–water partition coefficient (Wildman–Crippen LogP) is 2.58. The summed E-state index contributed by atoms with van der Waals surface area (Å²) in [4.78, 5) is 16.8. The standard InChI is InChI=1S/C18H18N4OS/c23-18(12-15-6-3-5-14-4-1-2-7-16(14)15)22-10-8-21(9-11-22)17-13-19-24-20-17/h1-7,13H,8-12H2. The van der Waals surface area contributed by atoms with Crippen molar-refractivity contribution < 1.29 is 4.79 Å². The van der Waals surface area contributed by atoms with E-state index in [-0.39, 0.29) is 5.91 Å². The zero-order chi connectivity index (χ0) is 16.4. The molecule has 5 nitrogen and oxygen atoms in total. The summed E-state index contributed by atoms with van der Waals surface area (Å²) in [6, 6.07) is 14.4. The van der Waals surface area contributed by atoms with E-state index >= 15 is 0 Å². The number of carbonyl (C=O) groups excluding carboxylic acids is 1. The van der Waals surface area contributed by atoms with E-state index in [0.717, 1.165) is 37.6 Å². The molecule has 1 aliphatic heterocycles. The largest absolute Gasteiger partial charge is 0.351 e. The minimum absolute atomic E-state index is 0.197. The Labute approximate surface area is 144 Å². The molecule has 0 radical (unpaired) electrons. The summed E-state index contributed by atoms with van der Waals surface area (Å²) >= 11 is 1.22. The van der Waals surface area contributed by atoms with E-state index in [2.05, 4.69) is 37.9 Å². The van der Waals surface area contributed by atoms with Crippen molar-refractivity contribution in [1.82, 2.24) is 13.6 Å². The van der Waals surface area contributed by atoms with E-state index in [9.17, 15) is 4.79 Å². The second-order valence-corrected chi connectivity index (χ2v) is 6.51. The Morgan fingerprint density at radius 1 is 1.04 bits per heavy atom. The summed E-state index contributed by atoms with van der Waals surface area (Å²) in [7, 11) is 0. The topological polar surface area (TPSA) is 49.3 Å². The average molecular weight is 338 g/mol. The highest BCUT2D eigenvalue weighted by Crippen LogP contribution is 2.20. The Bertz CT molecular complexity index is 836. The molecule has 1 saturated heterocycles. The third-order valence-corrected chi connectivity index (χ3v) is 5.00. The lowest BCUT2D eigenvalue weighted by Gasteiger charge is -2.34. The van der Waals surface area contributed by atoms with Gasteiger partial charge in [0.1, 0.15) is 0 Å². The first-order valence-electron chi connectivity index (χ1n) is 8.08. The lowest BCUT2D eigenvalue weighted by atomic mass is 10.0. The van der Waals surface area contributed by atoms with Crippen LogP contribution in [0.1, 0.15) is 5.56 Å². The number of amides is 1. The van der Waals surface area contributed by atoms with Crippen molar-refractivity contribution in [3.8, 4) is 0 Å². The van der Waals surface area contributed by atoms with Crippen LogP contribution in [-0.4, -0.2) is 45.7 Å². The third kappa shape index (κ3) is 2.97. The van der Waals surface area contributed by atoms with Gasteiger partial charge in [0.2, 0.25) is 5.91 Å². The number of piperazine rings is 1. The molecule has 2 heterocycles. The number of anilines is 1. The number of hydrogen-bond acceptors (Lipinski definition) is 5. The number of hydrogen-bond donors (Lipinski definition) is 0. The zero-order valence-corrected chi connectivity index (χ0v) is 14.1. The van der Waals surface area contributed by atoms with Gasteiger partial charge in [-0.25, -0.2) is 0 Å². The van der Waals surface area contributed by atoms with Crippen molar-refractivity contribution in [3.63, 3.8) is 0 Å². The minimum atomic E-state index is 0.197. The van der Waals surface area contributed by atoms with E-state index in [0.29, 0.717) is 6.42 Å². The summed E-state index contributed by atoms with van der Waals surface area (Å²) in [5, 5.41) is 2.35. The maximum absolute atomic E-state index is 12.7. The fourth-order valence-electron chi connectivity index (χ4n) is 3.21.